The third kappa shape index (κ3) is 2.76. The second-order valence-electron chi connectivity index (χ2n) is 5.32. The van der Waals surface area contributed by atoms with Gasteiger partial charge in [-0.15, -0.1) is 0 Å². The summed E-state index contributed by atoms with van der Waals surface area (Å²) in [5.41, 5.74) is 1.96. The molecule has 0 unspecified atom stereocenters. The van der Waals surface area contributed by atoms with Crippen molar-refractivity contribution in [3.05, 3.63) is 66.9 Å². The van der Waals surface area contributed by atoms with E-state index in [9.17, 15) is 4.39 Å². The van der Waals surface area contributed by atoms with Gasteiger partial charge in [0.2, 0.25) is 0 Å². The highest BCUT2D eigenvalue weighted by Gasteiger charge is 2.13. The number of fused-ring (bicyclic) bond motifs is 1. The maximum atomic E-state index is 13.5. The molecule has 0 radical (unpaired) electrons. The fourth-order valence-electron chi connectivity index (χ4n) is 2.62. The zero-order valence-corrected chi connectivity index (χ0v) is 13.3. The molecule has 0 aliphatic carbocycles. The zero-order valence-electron chi connectivity index (χ0n) is 13.3. The first-order chi connectivity index (χ1) is 12.3. The minimum absolute atomic E-state index is 0.331. The van der Waals surface area contributed by atoms with Crippen LogP contribution in [0.5, 0.6) is 5.75 Å². The van der Waals surface area contributed by atoms with Gasteiger partial charge in [-0.1, -0.05) is 18.2 Å². The van der Waals surface area contributed by atoms with Crippen molar-refractivity contribution in [2.24, 2.45) is 0 Å². The van der Waals surface area contributed by atoms with Crippen LogP contribution in [0.3, 0.4) is 0 Å². The molecule has 0 fully saturated rings. The van der Waals surface area contributed by atoms with Gasteiger partial charge >= 0.3 is 0 Å². The molecule has 7 heteroatoms. The summed E-state index contributed by atoms with van der Waals surface area (Å²) in [5, 5.41) is 8.29. The van der Waals surface area contributed by atoms with Gasteiger partial charge in [0.1, 0.15) is 23.7 Å². The largest absolute Gasteiger partial charge is 0.495 e. The van der Waals surface area contributed by atoms with E-state index >= 15 is 0 Å². The molecule has 0 saturated heterocycles. The Balaban J connectivity index is 1.79. The Kier molecular flexibility index (Phi) is 3.74. The SMILES string of the molecule is COc1ccccc1Nc1ncnc2c1cnn2-c1cccc(F)c1. The summed E-state index contributed by atoms with van der Waals surface area (Å²) < 4.78 is 20.4. The van der Waals surface area contributed by atoms with Crippen molar-refractivity contribution >= 4 is 22.5 Å². The summed E-state index contributed by atoms with van der Waals surface area (Å²) in [5.74, 6) is 0.964. The molecule has 4 aromatic rings. The molecular weight excluding hydrogens is 321 g/mol. The van der Waals surface area contributed by atoms with Gasteiger partial charge in [0, 0.05) is 0 Å². The van der Waals surface area contributed by atoms with E-state index in [0.717, 1.165) is 11.1 Å². The van der Waals surface area contributed by atoms with Gasteiger partial charge in [-0.3, -0.25) is 0 Å². The van der Waals surface area contributed by atoms with Crippen molar-refractivity contribution in [3.8, 4) is 11.4 Å². The molecule has 0 spiro atoms. The Labute approximate surface area is 142 Å². The quantitative estimate of drug-likeness (QED) is 0.616. The van der Waals surface area contributed by atoms with Crippen LogP contribution in [-0.4, -0.2) is 26.9 Å². The Hall–Kier alpha value is -3.48. The first-order valence-corrected chi connectivity index (χ1v) is 7.61. The number of nitrogens with zero attached hydrogens (tertiary/aromatic N) is 4. The van der Waals surface area contributed by atoms with Crippen molar-refractivity contribution in [3.63, 3.8) is 0 Å². The van der Waals surface area contributed by atoms with Crippen LogP contribution in [0.4, 0.5) is 15.9 Å². The highest BCUT2D eigenvalue weighted by molar-refractivity contribution is 5.89. The lowest BCUT2D eigenvalue weighted by molar-refractivity contribution is 0.417. The third-order valence-corrected chi connectivity index (χ3v) is 3.78. The minimum atomic E-state index is -0.331. The zero-order chi connectivity index (χ0) is 17.2. The number of para-hydroxylation sites is 2. The summed E-state index contributed by atoms with van der Waals surface area (Å²) in [7, 11) is 1.61. The second kappa shape index (κ2) is 6.20. The molecular formula is C18H14FN5O. The molecule has 0 amide bonds. The molecule has 4 rings (SSSR count). The van der Waals surface area contributed by atoms with Crippen molar-refractivity contribution < 1.29 is 9.13 Å². The van der Waals surface area contributed by atoms with Crippen molar-refractivity contribution in [1.82, 2.24) is 19.7 Å². The Bertz CT molecular complexity index is 1050. The lowest BCUT2D eigenvalue weighted by atomic mass is 10.2. The molecule has 2 aromatic heterocycles. The van der Waals surface area contributed by atoms with Gasteiger partial charge < -0.3 is 10.1 Å². The van der Waals surface area contributed by atoms with Crippen LogP contribution in [0.2, 0.25) is 0 Å². The van der Waals surface area contributed by atoms with E-state index in [4.69, 9.17) is 4.74 Å². The molecule has 0 aliphatic rings. The topological polar surface area (TPSA) is 64.9 Å². The highest BCUT2D eigenvalue weighted by Crippen LogP contribution is 2.29. The molecule has 124 valence electrons. The predicted molar refractivity (Wildman–Crippen MR) is 92.9 cm³/mol. The first kappa shape index (κ1) is 15.1. The van der Waals surface area contributed by atoms with Crippen molar-refractivity contribution in [2.75, 3.05) is 12.4 Å². The Morgan fingerprint density at radius 3 is 2.80 bits per heavy atom. The second-order valence-corrected chi connectivity index (χ2v) is 5.32. The number of halogens is 1. The fourth-order valence-corrected chi connectivity index (χ4v) is 2.62. The summed E-state index contributed by atoms with van der Waals surface area (Å²) >= 11 is 0. The molecule has 0 bridgehead atoms. The van der Waals surface area contributed by atoms with Crippen LogP contribution >= 0.6 is 0 Å². The van der Waals surface area contributed by atoms with Crippen LogP contribution in [0.25, 0.3) is 16.7 Å². The lowest BCUT2D eigenvalue weighted by Crippen LogP contribution is -2.00. The standard InChI is InChI=1S/C18H14FN5O/c1-25-16-8-3-2-7-15(16)23-17-14-10-22-24(18(14)21-11-20-17)13-6-4-5-12(19)9-13/h2-11H,1H3,(H,20,21,23). The van der Waals surface area contributed by atoms with Gasteiger partial charge in [-0.2, -0.15) is 5.10 Å². The number of rotatable bonds is 4. The summed E-state index contributed by atoms with van der Waals surface area (Å²) in [4.78, 5) is 8.58. The number of nitrogens with one attached hydrogen (secondary N) is 1. The van der Waals surface area contributed by atoms with Crippen LogP contribution in [0, 0.1) is 5.82 Å². The highest BCUT2D eigenvalue weighted by atomic mass is 19.1. The molecule has 6 nitrogen and oxygen atoms in total. The van der Waals surface area contributed by atoms with Gasteiger partial charge in [0.05, 0.1) is 30.1 Å². The van der Waals surface area contributed by atoms with E-state index in [-0.39, 0.29) is 5.82 Å². The number of aromatic nitrogens is 4. The fraction of sp³-hybridized carbons (Fsp3) is 0.0556. The monoisotopic (exact) mass is 335 g/mol. The van der Waals surface area contributed by atoms with Gasteiger partial charge in [-0.25, -0.2) is 19.0 Å². The lowest BCUT2D eigenvalue weighted by Gasteiger charge is -2.10. The molecule has 0 atom stereocenters. The van der Waals surface area contributed by atoms with E-state index < -0.39 is 0 Å². The number of methoxy groups -OCH3 is 1. The van der Waals surface area contributed by atoms with E-state index in [1.54, 1.807) is 30.1 Å². The van der Waals surface area contributed by atoms with Gasteiger partial charge in [0.15, 0.2) is 5.65 Å². The average Bonchev–Trinajstić information content (AvgIpc) is 3.07. The van der Waals surface area contributed by atoms with Crippen LogP contribution in [0.15, 0.2) is 61.1 Å². The number of benzene rings is 2. The van der Waals surface area contributed by atoms with Gasteiger partial charge in [0.25, 0.3) is 0 Å². The van der Waals surface area contributed by atoms with Crippen LogP contribution in [-0.2, 0) is 0 Å². The summed E-state index contributed by atoms with van der Waals surface area (Å²) in [6.45, 7) is 0. The summed E-state index contributed by atoms with van der Waals surface area (Å²) in [6, 6.07) is 13.7. The molecule has 2 aromatic carbocycles. The third-order valence-electron chi connectivity index (χ3n) is 3.78. The predicted octanol–water partition coefficient (Wildman–Crippen LogP) is 3.71. The van der Waals surface area contributed by atoms with Gasteiger partial charge in [-0.05, 0) is 30.3 Å². The van der Waals surface area contributed by atoms with E-state index in [0.29, 0.717) is 22.9 Å². The van der Waals surface area contributed by atoms with Crippen LogP contribution in [0.1, 0.15) is 0 Å². The smallest absolute Gasteiger partial charge is 0.168 e. The number of hydrogen-bond donors (Lipinski definition) is 1. The number of anilines is 2. The van der Waals surface area contributed by atoms with E-state index in [1.165, 1.54) is 18.5 Å². The van der Waals surface area contributed by atoms with Crippen molar-refractivity contribution in [1.29, 1.82) is 0 Å². The van der Waals surface area contributed by atoms with E-state index in [1.807, 2.05) is 24.3 Å². The molecule has 0 aliphatic heterocycles. The molecule has 1 N–H and O–H groups in total. The first-order valence-electron chi connectivity index (χ1n) is 7.61. The molecule has 25 heavy (non-hydrogen) atoms. The maximum Gasteiger partial charge on any atom is 0.168 e. The normalized spacial score (nSPS) is 10.8. The van der Waals surface area contributed by atoms with E-state index in [2.05, 4.69) is 20.4 Å². The van der Waals surface area contributed by atoms with Crippen LogP contribution < -0.4 is 10.1 Å². The summed E-state index contributed by atoms with van der Waals surface area (Å²) in [6.07, 6.45) is 3.09. The Morgan fingerprint density at radius 1 is 1.08 bits per heavy atom. The Morgan fingerprint density at radius 2 is 1.96 bits per heavy atom. The number of hydrogen-bond acceptors (Lipinski definition) is 5. The minimum Gasteiger partial charge on any atom is -0.495 e. The molecule has 0 saturated carbocycles. The average molecular weight is 335 g/mol. The van der Waals surface area contributed by atoms with Crippen molar-refractivity contribution in [2.45, 2.75) is 0 Å². The number of ether oxygens (including phenoxy) is 1. The molecule has 2 heterocycles. The maximum absolute atomic E-state index is 13.5.